The summed E-state index contributed by atoms with van der Waals surface area (Å²) in [5, 5.41) is 0.645. The second kappa shape index (κ2) is 12.9. The van der Waals surface area contributed by atoms with E-state index in [4.69, 9.17) is 4.98 Å². The van der Waals surface area contributed by atoms with Crippen LogP contribution in [0.25, 0.3) is 10.2 Å². The summed E-state index contributed by atoms with van der Waals surface area (Å²) in [6.45, 7) is 11.3. The molecule has 0 aliphatic heterocycles. The van der Waals surface area contributed by atoms with Crippen LogP contribution >= 0.6 is 23.7 Å². The van der Waals surface area contributed by atoms with E-state index in [1.807, 2.05) is 19.1 Å². The van der Waals surface area contributed by atoms with E-state index >= 15 is 0 Å². The Morgan fingerprint density at radius 1 is 0.923 bits per heavy atom. The smallest absolute Gasteiger partial charge is 0.264 e. The lowest BCUT2D eigenvalue weighted by molar-refractivity contribution is 0.0983. The minimum absolute atomic E-state index is 0. The number of thiazole rings is 1. The van der Waals surface area contributed by atoms with Gasteiger partial charge < -0.3 is 4.90 Å². The van der Waals surface area contributed by atoms with E-state index in [2.05, 4.69) is 31.7 Å². The number of likely N-dealkylation sites (N-methyl/N-ethyl adjacent to an activating group) is 1. The summed E-state index contributed by atoms with van der Waals surface area (Å²) >= 11 is 1.51. The SMILES string of the molecule is CCN(CC)CCN(C(=O)c1ccc(S(=O)(=O)N(C)c2ccccc2)cc1)c1nc2cc(C)cc(C)c2s1.Cl. The standard InChI is InChI=1S/C29H34N4O3S2.ClH/c1-6-32(7-2)17-18-33(29-30-26-20-21(3)19-22(4)27(26)37-29)28(34)23-13-15-25(16-14-23)38(35,36)31(5)24-11-9-8-10-12-24;/h8-16,19-20H,6-7,17-18H2,1-5H3;1H. The molecule has 0 atom stereocenters. The third kappa shape index (κ3) is 6.61. The fourth-order valence-corrected chi connectivity index (χ4v) is 6.64. The van der Waals surface area contributed by atoms with Crippen LogP contribution in [0.3, 0.4) is 0 Å². The highest BCUT2D eigenvalue weighted by Crippen LogP contribution is 2.33. The zero-order valence-electron chi connectivity index (χ0n) is 22.9. The molecule has 3 aromatic carbocycles. The molecule has 0 saturated carbocycles. The molecule has 0 unspecified atom stereocenters. The van der Waals surface area contributed by atoms with E-state index in [-0.39, 0.29) is 23.2 Å². The summed E-state index contributed by atoms with van der Waals surface area (Å²) in [7, 11) is -2.25. The summed E-state index contributed by atoms with van der Waals surface area (Å²) in [6, 6.07) is 19.2. The van der Waals surface area contributed by atoms with Crippen LogP contribution in [-0.4, -0.2) is 57.4 Å². The van der Waals surface area contributed by atoms with Gasteiger partial charge in [0.05, 0.1) is 20.8 Å². The van der Waals surface area contributed by atoms with Crippen molar-refractivity contribution in [2.45, 2.75) is 32.6 Å². The fourth-order valence-electron chi connectivity index (χ4n) is 4.41. The van der Waals surface area contributed by atoms with E-state index in [1.165, 1.54) is 34.8 Å². The lowest BCUT2D eigenvalue weighted by atomic mass is 10.1. The molecule has 0 saturated heterocycles. The molecule has 0 radical (unpaired) electrons. The van der Waals surface area contributed by atoms with Crippen molar-refractivity contribution in [3.05, 3.63) is 83.4 Å². The molecule has 0 aliphatic carbocycles. The Hall–Kier alpha value is -2.98. The van der Waals surface area contributed by atoms with Crippen molar-refractivity contribution in [2.75, 3.05) is 42.4 Å². The number of halogens is 1. The van der Waals surface area contributed by atoms with Gasteiger partial charge in [0.15, 0.2) is 5.13 Å². The maximum Gasteiger partial charge on any atom is 0.264 e. The highest BCUT2D eigenvalue weighted by Gasteiger charge is 2.25. The average Bonchev–Trinajstić information content (AvgIpc) is 3.35. The number of para-hydroxylation sites is 1. The predicted molar refractivity (Wildman–Crippen MR) is 164 cm³/mol. The molecule has 0 fully saturated rings. The molecule has 1 amide bonds. The Kier molecular flexibility index (Phi) is 10.1. The molecule has 1 aromatic heterocycles. The van der Waals surface area contributed by atoms with Crippen molar-refractivity contribution in [3.63, 3.8) is 0 Å². The quantitative estimate of drug-likeness (QED) is 0.223. The lowest BCUT2D eigenvalue weighted by Crippen LogP contribution is -2.38. The number of carbonyl (C=O) groups is 1. The first-order valence-corrected chi connectivity index (χ1v) is 15.0. The van der Waals surface area contributed by atoms with E-state index in [0.29, 0.717) is 29.5 Å². The van der Waals surface area contributed by atoms with Crippen LogP contribution in [-0.2, 0) is 10.0 Å². The van der Waals surface area contributed by atoms with Gasteiger partial charge in [0.25, 0.3) is 15.9 Å². The van der Waals surface area contributed by atoms with Gasteiger partial charge >= 0.3 is 0 Å². The number of carbonyl (C=O) groups excluding carboxylic acids is 1. The van der Waals surface area contributed by atoms with Gasteiger partial charge in [-0.2, -0.15) is 0 Å². The van der Waals surface area contributed by atoms with E-state index < -0.39 is 10.0 Å². The monoisotopic (exact) mass is 586 g/mol. The van der Waals surface area contributed by atoms with E-state index in [0.717, 1.165) is 34.4 Å². The molecule has 39 heavy (non-hydrogen) atoms. The maximum absolute atomic E-state index is 13.8. The van der Waals surface area contributed by atoms with Gasteiger partial charge in [0.1, 0.15) is 0 Å². The van der Waals surface area contributed by atoms with Crippen molar-refractivity contribution >= 4 is 60.7 Å². The molecule has 10 heteroatoms. The maximum atomic E-state index is 13.8. The minimum atomic E-state index is -3.77. The normalized spacial score (nSPS) is 11.4. The van der Waals surface area contributed by atoms with Gasteiger partial charge in [-0.3, -0.25) is 14.0 Å². The van der Waals surface area contributed by atoms with Gasteiger partial charge in [-0.15, -0.1) is 12.4 Å². The molecular formula is C29H35ClN4O3S2. The number of aryl methyl sites for hydroxylation is 2. The number of nitrogens with zero attached hydrogens (tertiary/aromatic N) is 4. The summed E-state index contributed by atoms with van der Waals surface area (Å²) in [4.78, 5) is 22.7. The minimum Gasteiger partial charge on any atom is -0.302 e. The first kappa shape index (κ1) is 30.6. The molecule has 4 rings (SSSR count). The van der Waals surface area contributed by atoms with E-state index in [1.54, 1.807) is 41.3 Å². The largest absolute Gasteiger partial charge is 0.302 e. The number of hydrogen-bond acceptors (Lipinski definition) is 6. The number of rotatable bonds is 10. The van der Waals surface area contributed by atoms with Crippen LogP contribution in [0.1, 0.15) is 35.3 Å². The second-order valence-corrected chi connectivity index (χ2v) is 12.2. The highest BCUT2D eigenvalue weighted by molar-refractivity contribution is 7.92. The van der Waals surface area contributed by atoms with Crippen molar-refractivity contribution in [3.8, 4) is 0 Å². The Morgan fingerprint density at radius 2 is 1.56 bits per heavy atom. The molecule has 0 aliphatic rings. The number of amides is 1. The molecule has 7 nitrogen and oxygen atoms in total. The van der Waals surface area contributed by atoms with Crippen LogP contribution in [0.2, 0.25) is 0 Å². The third-order valence-electron chi connectivity index (χ3n) is 6.70. The first-order valence-electron chi connectivity index (χ1n) is 12.7. The molecule has 208 valence electrons. The molecule has 4 aromatic rings. The van der Waals surface area contributed by atoms with Gasteiger partial charge in [-0.05, 0) is 80.5 Å². The first-order chi connectivity index (χ1) is 18.1. The number of anilines is 2. The molecule has 1 heterocycles. The summed E-state index contributed by atoms with van der Waals surface area (Å²) in [6.07, 6.45) is 0. The number of fused-ring (bicyclic) bond motifs is 1. The van der Waals surface area contributed by atoms with E-state index in [9.17, 15) is 13.2 Å². The Morgan fingerprint density at radius 3 is 2.18 bits per heavy atom. The van der Waals surface area contributed by atoms with Crippen LogP contribution in [0.15, 0.2) is 71.6 Å². The van der Waals surface area contributed by atoms with Gasteiger partial charge in [0.2, 0.25) is 0 Å². The predicted octanol–water partition coefficient (Wildman–Crippen LogP) is 6.15. The average molecular weight is 587 g/mol. The highest BCUT2D eigenvalue weighted by atomic mass is 35.5. The van der Waals surface area contributed by atoms with Crippen molar-refractivity contribution < 1.29 is 13.2 Å². The number of hydrogen-bond donors (Lipinski definition) is 0. The molecular weight excluding hydrogens is 552 g/mol. The van der Waals surface area contributed by atoms with Crippen molar-refractivity contribution in [1.29, 1.82) is 0 Å². The molecule has 0 N–H and O–H groups in total. The van der Waals surface area contributed by atoms with Gasteiger partial charge in [-0.1, -0.05) is 49.4 Å². The van der Waals surface area contributed by atoms with Crippen LogP contribution in [0.4, 0.5) is 10.8 Å². The van der Waals surface area contributed by atoms with Gasteiger partial charge in [0, 0.05) is 25.7 Å². The summed E-state index contributed by atoms with van der Waals surface area (Å²) < 4.78 is 28.7. The second-order valence-electron chi connectivity index (χ2n) is 9.24. The Labute approximate surface area is 241 Å². The molecule has 0 spiro atoms. The van der Waals surface area contributed by atoms with Crippen LogP contribution in [0.5, 0.6) is 0 Å². The van der Waals surface area contributed by atoms with Crippen LogP contribution in [0, 0.1) is 13.8 Å². The fraction of sp³-hybridized carbons (Fsp3) is 0.310. The summed E-state index contributed by atoms with van der Waals surface area (Å²) in [5.41, 5.74) is 4.13. The van der Waals surface area contributed by atoms with Crippen molar-refractivity contribution in [1.82, 2.24) is 9.88 Å². The third-order valence-corrected chi connectivity index (χ3v) is 9.73. The Balaban J connectivity index is 0.00000420. The number of aromatic nitrogens is 1. The van der Waals surface area contributed by atoms with Crippen molar-refractivity contribution in [2.24, 2.45) is 0 Å². The lowest BCUT2D eigenvalue weighted by Gasteiger charge is -2.25. The van der Waals surface area contributed by atoms with Crippen LogP contribution < -0.4 is 9.21 Å². The Bertz CT molecular complexity index is 1520. The number of benzene rings is 3. The topological polar surface area (TPSA) is 73.8 Å². The molecule has 0 bridgehead atoms. The zero-order valence-corrected chi connectivity index (χ0v) is 25.4. The zero-order chi connectivity index (χ0) is 27.4. The van der Waals surface area contributed by atoms with Gasteiger partial charge in [-0.25, -0.2) is 13.4 Å². The summed E-state index contributed by atoms with van der Waals surface area (Å²) in [5.74, 6) is -0.203. The number of sulfonamides is 1.